The number of carbonyl (C=O) groups excluding carboxylic acids is 1. The maximum atomic E-state index is 12.8. The topological polar surface area (TPSA) is 66.1 Å². The van der Waals surface area contributed by atoms with Crippen LogP contribution in [0.2, 0.25) is 0 Å². The zero-order valence-electron chi connectivity index (χ0n) is 25.9. The molecule has 1 unspecified atom stereocenters. The molecule has 0 aromatic carbocycles. The molecule has 2 N–H and O–H groups in total. The number of nitrogens with zero attached hydrogens (tertiary/aromatic N) is 2. The summed E-state index contributed by atoms with van der Waals surface area (Å²) in [5.41, 5.74) is 3.94. The van der Waals surface area contributed by atoms with E-state index >= 15 is 0 Å². The summed E-state index contributed by atoms with van der Waals surface area (Å²) in [6.45, 7) is 14.7. The zero-order chi connectivity index (χ0) is 27.9. The van der Waals surface area contributed by atoms with E-state index in [1.807, 2.05) is 0 Å². The van der Waals surface area contributed by atoms with Crippen LogP contribution in [0.4, 0.5) is 4.79 Å². The van der Waals surface area contributed by atoms with Gasteiger partial charge in [0.2, 0.25) is 0 Å². The van der Waals surface area contributed by atoms with Crippen LogP contribution in [0.15, 0.2) is 0 Å². The molecular weight excluding hydrogens is 500 g/mol. The molecule has 3 heterocycles. The highest BCUT2D eigenvalue weighted by atomic mass is 16.7. The Labute approximate surface area is 242 Å². The van der Waals surface area contributed by atoms with E-state index in [4.69, 9.17) is 9.47 Å². The van der Waals surface area contributed by atoms with Gasteiger partial charge in [0, 0.05) is 44.6 Å². The van der Waals surface area contributed by atoms with Crippen molar-refractivity contribution in [3.05, 3.63) is 0 Å². The standard InChI is InChI=1S/C33H56N4O3/c1-21-8-13-33(39-20-21)22(2)29-28(40-33)19-27-25-7-6-23-18-24(34-30(38)35-37-16-14-36(5)15-17-37)9-11-31(23,3)26(25)10-12-32(27,29)4/h21-29H,6-20H2,1-5H3,(H2,34,35,38)/t21-,22-,23+,24-,25+,26-,27?,28-,29-,31-,32-,33+/m0/s1. The van der Waals surface area contributed by atoms with Crippen LogP contribution in [0.3, 0.4) is 0 Å². The Balaban J connectivity index is 0.990. The Bertz CT molecular complexity index is 961. The van der Waals surface area contributed by atoms with Gasteiger partial charge in [0.25, 0.3) is 0 Å². The molecule has 12 atom stereocenters. The van der Waals surface area contributed by atoms with E-state index in [0.29, 0.717) is 40.7 Å². The summed E-state index contributed by atoms with van der Waals surface area (Å²) in [6.07, 6.45) is 12.9. The SMILES string of the molecule is C[C@H]1CC[C@@]2(OC1)O[C@H]1CC3[C@@H]4CC[C@@H]5C[C@@H](NC(=O)NN6CCN(C)CC6)CC[C@]5(C)[C@H]4CC[C@]3(C)[C@H]1[C@@H]2C. The number of piperazine rings is 1. The van der Waals surface area contributed by atoms with Crippen LogP contribution in [0.5, 0.6) is 0 Å². The fraction of sp³-hybridized carbons (Fsp3) is 0.970. The van der Waals surface area contributed by atoms with Crippen molar-refractivity contribution in [2.75, 3.05) is 39.8 Å². The molecule has 4 aliphatic carbocycles. The zero-order valence-corrected chi connectivity index (χ0v) is 25.9. The first-order chi connectivity index (χ1) is 19.1. The van der Waals surface area contributed by atoms with Gasteiger partial charge in [-0.15, -0.1) is 0 Å². The van der Waals surface area contributed by atoms with E-state index in [2.05, 4.69) is 55.4 Å². The first-order valence-corrected chi connectivity index (χ1v) is 16.9. The third kappa shape index (κ3) is 4.38. The maximum Gasteiger partial charge on any atom is 0.329 e. The van der Waals surface area contributed by atoms with E-state index in [-0.39, 0.29) is 11.8 Å². The highest BCUT2D eigenvalue weighted by Gasteiger charge is 2.69. The van der Waals surface area contributed by atoms with Gasteiger partial charge < -0.3 is 19.7 Å². The lowest BCUT2D eigenvalue weighted by atomic mass is 9.44. The number of urea groups is 1. The van der Waals surface area contributed by atoms with E-state index in [1.165, 1.54) is 44.9 Å². The summed E-state index contributed by atoms with van der Waals surface area (Å²) in [7, 11) is 2.15. The largest absolute Gasteiger partial charge is 0.349 e. The summed E-state index contributed by atoms with van der Waals surface area (Å²) < 4.78 is 13.5. The van der Waals surface area contributed by atoms with Crippen LogP contribution < -0.4 is 10.7 Å². The molecule has 0 aromatic heterocycles. The van der Waals surface area contributed by atoms with Gasteiger partial charge in [0.05, 0.1) is 12.7 Å². The molecule has 226 valence electrons. The average molecular weight is 557 g/mol. The van der Waals surface area contributed by atoms with Crippen LogP contribution in [-0.4, -0.2) is 73.7 Å². The molecular formula is C33H56N4O3. The molecule has 7 rings (SSSR count). The first-order valence-electron chi connectivity index (χ1n) is 16.9. The Kier molecular flexibility index (Phi) is 7.04. The van der Waals surface area contributed by atoms with Crippen molar-refractivity contribution in [3.8, 4) is 0 Å². The molecule has 3 saturated heterocycles. The molecule has 7 aliphatic rings. The molecule has 1 spiro atoms. The molecule has 3 aliphatic heterocycles. The number of fused-ring (bicyclic) bond motifs is 7. The smallest absolute Gasteiger partial charge is 0.329 e. The fourth-order valence-corrected chi connectivity index (χ4v) is 11.7. The van der Waals surface area contributed by atoms with Gasteiger partial charge in [-0.2, -0.15) is 0 Å². The summed E-state index contributed by atoms with van der Waals surface area (Å²) in [5.74, 6) is 4.71. The van der Waals surface area contributed by atoms with Crippen LogP contribution in [-0.2, 0) is 9.47 Å². The molecule has 40 heavy (non-hydrogen) atoms. The van der Waals surface area contributed by atoms with E-state index < -0.39 is 0 Å². The van der Waals surface area contributed by atoms with Crippen molar-refractivity contribution in [2.24, 2.45) is 52.3 Å². The number of nitrogens with one attached hydrogen (secondary N) is 2. The summed E-state index contributed by atoms with van der Waals surface area (Å²) >= 11 is 0. The molecule has 7 heteroatoms. The minimum atomic E-state index is -0.307. The van der Waals surface area contributed by atoms with Crippen molar-refractivity contribution >= 4 is 6.03 Å². The Morgan fingerprint density at radius 3 is 2.40 bits per heavy atom. The molecule has 7 nitrogen and oxygen atoms in total. The second kappa shape index (κ2) is 10.1. The van der Waals surface area contributed by atoms with Gasteiger partial charge in [-0.25, -0.2) is 9.80 Å². The lowest BCUT2D eigenvalue weighted by Crippen LogP contribution is -2.58. The number of likely N-dealkylation sites (N-methyl/N-ethyl adjacent to an activating group) is 1. The monoisotopic (exact) mass is 556 g/mol. The van der Waals surface area contributed by atoms with Crippen molar-refractivity contribution in [3.63, 3.8) is 0 Å². The van der Waals surface area contributed by atoms with Gasteiger partial charge in [-0.05, 0) is 111 Å². The molecule has 4 saturated carbocycles. The lowest BCUT2D eigenvalue weighted by Gasteiger charge is -2.61. The molecule has 7 fully saturated rings. The number of hydrogen-bond donors (Lipinski definition) is 2. The fourth-order valence-electron chi connectivity index (χ4n) is 11.7. The van der Waals surface area contributed by atoms with Gasteiger partial charge >= 0.3 is 6.03 Å². The normalized spacial score (nSPS) is 52.9. The third-order valence-corrected chi connectivity index (χ3v) is 14.0. The Hall–Kier alpha value is -0.890. The molecule has 0 aromatic rings. The summed E-state index contributed by atoms with van der Waals surface area (Å²) in [4.78, 5) is 15.2. The van der Waals surface area contributed by atoms with Crippen LogP contribution >= 0.6 is 0 Å². The molecule has 0 bridgehead atoms. The third-order valence-electron chi connectivity index (χ3n) is 14.0. The Morgan fingerprint density at radius 2 is 1.65 bits per heavy atom. The highest BCUT2D eigenvalue weighted by Crippen LogP contribution is 2.71. The summed E-state index contributed by atoms with van der Waals surface area (Å²) in [5, 5.41) is 5.45. The predicted octanol–water partition coefficient (Wildman–Crippen LogP) is 5.26. The van der Waals surface area contributed by atoms with Gasteiger partial charge in [-0.1, -0.05) is 27.7 Å². The van der Waals surface area contributed by atoms with E-state index in [1.54, 1.807) is 0 Å². The minimum Gasteiger partial charge on any atom is -0.349 e. The predicted molar refractivity (Wildman–Crippen MR) is 156 cm³/mol. The number of ether oxygens (including phenoxy) is 2. The second-order valence-corrected chi connectivity index (χ2v) is 16.0. The number of amides is 2. The average Bonchev–Trinajstić information content (AvgIpc) is 3.37. The van der Waals surface area contributed by atoms with E-state index in [9.17, 15) is 4.79 Å². The van der Waals surface area contributed by atoms with Gasteiger partial charge in [0.15, 0.2) is 5.79 Å². The van der Waals surface area contributed by atoms with Crippen molar-refractivity contribution in [1.29, 1.82) is 0 Å². The Morgan fingerprint density at radius 1 is 0.875 bits per heavy atom. The highest BCUT2D eigenvalue weighted by molar-refractivity contribution is 5.73. The second-order valence-electron chi connectivity index (χ2n) is 16.0. The maximum absolute atomic E-state index is 12.8. The minimum absolute atomic E-state index is 0.000986. The van der Waals surface area contributed by atoms with Crippen LogP contribution in [0.1, 0.15) is 91.9 Å². The van der Waals surface area contributed by atoms with Crippen LogP contribution in [0.25, 0.3) is 0 Å². The van der Waals surface area contributed by atoms with Crippen molar-refractivity contribution in [1.82, 2.24) is 20.7 Å². The van der Waals surface area contributed by atoms with Gasteiger partial charge in [0.1, 0.15) is 0 Å². The number of hydrogen-bond acceptors (Lipinski definition) is 5. The van der Waals surface area contributed by atoms with Crippen LogP contribution in [0, 0.1) is 52.3 Å². The number of rotatable bonds is 2. The lowest BCUT2D eigenvalue weighted by molar-refractivity contribution is -0.273. The number of carbonyl (C=O) groups is 1. The molecule has 0 radical (unpaired) electrons. The quantitative estimate of drug-likeness (QED) is 0.486. The van der Waals surface area contributed by atoms with Crippen molar-refractivity contribution in [2.45, 2.75) is 110 Å². The molecule has 2 amide bonds. The van der Waals surface area contributed by atoms with Crippen molar-refractivity contribution < 1.29 is 14.3 Å². The summed E-state index contributed by atoms with van der Waals surface area (Å²) in [6, 6.07) is 0.312. The first kappa shape index (κ1) is 27.9. The number of hydrazine groups is 1. The van der Waals surface area contributed by atoms with Gasteiger partial charge in [-0.3, -0.25) is 5.43 Å². The van der Waals surface area contributed by atoms with E-state index in [0.717, 1.165) is 75.7 Å².